The molecule has 1 amide bonds. The van der Waals surface area contributed by atoms with E-state index in [9.17, 15) is 13.9 Å². The van der Waals surface area contributed by atoms with Crippen LogP contribution in [0.4, 0.5) is 0 Å². The fraction of sp³-hybridized carbons (Fsp3) is 0.286. The van der Waals surface area contributed by atoms with E-state index in [1.165, 1.54) is 11.0 Å². The topological polar surface area (TPSA) is 73.2 Å². The van der Waals surface area contributed by atoms with Crippen LogP contribution in [0.25, 0.3) is 6.08 Å². The molecular weight excluding hydrogens is 376 g/mol. The third-order valence-corrected chi connectivity index (χ3v) is 6.79. The first kappa shape index (κ1) is 19.0. The normalized spacial score (nSPS) is 19.3. The summed E-state index contributed by atoms with van der Waals surface area (Å²) < 4.78 is 25.4. The van der Waals surface area contributed by atoms with Gasteiger partial charge >= 0.3 is 0 Å². The SMILES string of the molecule is COc1ccc(CN2CCN(C(=O)c3cccc4c3C=CS4(O)O)CC2)cc1. The highest BCUT2D eigenvalue weighted by Gasteiger charge is 2.29. The van der Waals surface area contributed by atoms with Crippen molar-refractivity contribution >= 4 is 22.6 Å². The largest absolute Gasteiger partial charge is 0.497 e. The van der Waals surface area contributed by atoms with Crippen molar-refractivity contribution in [2.75, 3.05) is 33.3 Å². The number of nitrogens with zero attached hydrogens (tertiary/aromatic N) is 2. The Balaban J connectivity index is 1.40. The molecule has 2 N–H and O–H groups in total. The average molecular weight is 401 g/mol. The van der Waals surface area contributed by atoms with Gasteiger partial charge in [0.1, 0.15) is 5.75 Å². The second-order valence-corrected chi connectivity index (χ2v) is 8.93. The molecule has 0 aromatic heterocycles. The van der Waals surface area contributed by atoms with Gasteiger partial charge in [0, 0.05) is 49.3 Å². The zero-order chi connectivity index (χ0) is 19.7. The van der Waals surface area contributed by atoms with Gasteiger partial charge < -0.3 is 9.64 Å². The minimum absolute atomic E-state index is 0.0531. The van der Waals surface area contributed by atoms with Crippen LogP contribution in [0.1, 0.15) is 21.5 Å². The van der Waals surface area contributed by atoms with Gasteiger partial charge in [-0.3, -0.25) is 18.8 Å². The molecule has 2 aliphatic rings. The summed E-state index contributed by atoms with van der Waals surface area (Å²) in [5.74, 6) is 0.794. The lowest BCUT2D eigenvalue weighted by atomic mass is 10.1. The molecule has 0 aliphatic carbocycles. The minimum Gasteiger partial charge on any atom is -0.497 e. The van der Waals surface area contributed by atoms with Crippen LogP contribution in [0, 0.1) is 0 Å². The van der Waals surface area contributed by atoms with E-state index in [1.807, 2.05) is 17.0 Å². The number of carbonyl (C=O) groups is 1. The van der Waals surface area contributed by atoms with E-state index in [0.717, 1.165) is 25.4 Å². The number of ether oxygens (including phenoxy) is 1. The molecule has 0 unspecified atom stereocenters. The van der Waals surface area contributed by atoms with Gasteiger partial charge in [-0.1, -0.05) is 18.2 Å². The van der Waals surface area contributed by atoms with Crippen LogP contribution >= 0.6 is 10.6 Å². The number of piperazine rings is 1. The Morgan fingerprint density at radius 2 is 1.79 bits per heavy atom. The van der Waals surface area contributed by atoms with Crippen molar-refractivity contribution in [1.29, 1.82) is 0 Å². The van der Waals surface area contributed by atoms with Crippen LogP contribution in [0.15, 0.2) is 52.8 Å². The first-order chi connectivity index (χ1) is 13.5. The second-order valence-electron chi connectivity index (χ2n) is 7.03. The summed E-state index contributed by atoms with van der Waals surface area (Å²) in [6.07, 6.45) is 1.65. The molecule has 1 fully saturated rings. The number of rotatable bonds is 4. The van der Waals surface area contributed by atoms with Crippen LogP contribution in [0.2, 0.25) is 0 Å². The van der Waals surface area contributed by atoms with E-state index in [-0.39, 0.29) is 5.91 Å². The maximum absolute atomic E-state index is 13.0. The van der Waals surface area contributed by atoms with Crippen molar-refractivity contribution in [2.24, 2.45) is 0 Å². The summed E-state index contributed by atoms with van der Waals surface area (Å²) in [5.41, 5.74) is 2.39. The number of carbonyl (C=O) groups excluding carboxylic acids is 1. The summed E-state index contributed by atoms with van der Waals surface area (Å²) in [6, 6.07) is 13.2. The summed E-state index contributed by atoms with van der Waals surface area (Å²) in [5, 5.41) is 1.39. The molecule has 0 saturated carbocycles. The quantitative estimate of drug-likeness (QED) is 0.818. The second kappa shape index (κ2) is 7.60. The third-order valence-electron chi connectivity index (χ3n) is 5.27. The Morgan fingerprint density at radius 1 is 1.07 bits per heavy atom. The van der Waals surface area contributed by atoms with Gasteiger partial charge in [-0.25, -0.2) is 0 Å². The maximum atomic E-state index is 13.0. The molecule has 7 heteroatoms. The van der Waals surface area contributed by atoms with Crippen molar-refractivity contribution in [3.05, 3.63) is 64.6 Å². The van der Waals surface area contributed by atoms with Gasteiger partial charge in [-0.05, 0) is 35.9 Å². The van der Waals surface area contributed by atoms with Crippen molar-refractivity contribution in [1.82, 2.24) is 9.80 Å². The average Bonchev–Trinajstić information content (AvgIpc) is 3.04. The predicted molar refractivity (Wildman–Crippen MR) is 111 cm³/mol. The number of benzene rings is 2. The highest BCUT2D eigenvalue weighted by Crippen LogP contribution is 2.56. The zero-order valence-electron chi connectivity index (χ0n) is 15.7. The van der Waals surface area contributed by atoms with Crippen LogP contribution in [0.3, 0.4) is 0 Å². The number of hydrogen-bond donors (Lipinski definition) is 2. The van der Waals surface area contributed by atoms with Crippen molar-refractivity contribution < 1.29 is 18.6 Å². The molecule has 1 saturated heterocycles. The van der Waals surface area contributed by atoms with E-state index >= 15 is 0 Å². The molecule has 148 valence electrons. The van der Waals surface area contributed by atoms with Gasteiger partial charge in [-0.2, -0.15) is 0 Å². The first-order valence-corrected chi connectivity index (χ1v) is 10.8. The molecule has 2 aliphatic heterocycles. The molecule has 6 nitrogen and oxygen atoms in total. The van der Waals surface area contributed by atoms with Crippen LogP contribution in [0.5, 0.6) is 5.75 Å². The first-order valence-electron chi connectivity index (χ1n) is 9.22. The predicted octanol–water partition coefficient (Wildman–Crippen LogP) is 3.75. The van der Waals surface area contributed by atoms with E-state index in [4.69, 9.17) is 4.74 Å². The fourth-order valence-corrected chi connectivity index (χ4v) is 4.92. The molecule has 0 bridgehead atoms. The molecule has 0 spiro atoms. The zero-order valence-corrected chi connectivity index (χ0v) is 16.6. The van der Waals surface area contributed by atoms with Gasteiger partial charge in [0.15, 0.2) is 0 Å². The Hall–Kier alpha value is -2.32. The van der Waals surface area contributed by atoms with Crippen molar-refractivity contribution in [3.8, 4) is 5.75 Å². The molecule has 2 aromatic carbocycles. The van der Waals surface area contributed by atoms with Gasteiger partial charge in [0.2, 0.25) is 0 Å². The lowest BCUT2D eigenvalue weighted by Crippen LogP contribution is -2.48. The summed E-state index contributed by atoms with van der Waals surface area (Å²) in [6.45, 7) is 3.75. The molecule has 0 atom stereocenters. The van der Waals surface area contributed by atoms with E-state index in [2.05, 4.69) is 17.0 Å². The van der Waals surface area contributed by atoms with Crippen molar-refractivity contribution in [2.45, 2.75) is 11.4 Å². The summed E-state index contributed by atoms with van der Waals surface area (Å²) in [7, 11) is -1.25. The molecule has 2 heterocycles. The van der Waals surface area contributed by atoms with Crippen LogP contribution in [-0.4, -0.2) is 58.1 Å². The molecule has 28 heavy (non-hydrogen) atoms. The van der Waals surface area contributed by atoms with Gasteiger partial charge in [0.25, 0.3) is 5.91 Å². The van der Waals surface area contributed by atoms with E-state index in [1.54, 1.807) is 31.4 Å². The number of amides is 1. The Morgan fingerprint density at radius 3 is 2.46 bits per heavy atom. The Labute approximate surface area is 166 Å². The number of hydrogen-bond acceptors (Lipinski definition) is 5. The molecule has 2 aromatic rings. The monoisotopic (exact) mass is 400 g/mol. The summed E-state index contributed by atoms with van der Waals surface area (Å²) in [4.78, 5) is 17.6. The lowest BCUT2D eigenvalue weighted by molar-refractivity contribution is 0.0628. The molecule has 0 radical (unpaired) electrons. The number of fused-ring (bicyclic) bond motifs is 1. The fourth-order valence-electron chi connectivity index (χ4n) is 3.67. The van der Waals surface area contributed by atoms with Crippen LogP contribution < -0.4 is 4.74 Å². The third kappa shape index (κ3) is 3.66. The molecule has 4 rings (SSSR count). The maximum Gasteiger partial charge on any atom is 0.254 e. The van der Waals surface area contributed by atoms with Gasteiger partial charge in [0.05, 0.1) is 12.0 Å². The van der Waals surface area contributed by atoms with E-state index in [0.29, 0.717) is 29.1 Å². The minimum atomic E-state index is -2.91. The highest BCUT2D eigenvalue weighted by atomic mass is 32.3. The Bertz CT molecular complexity index is 903. The van der Waals surface area contributed by atoms with Crippen LogP contribution in [-0.2, 0) is 6.54 Å². The smallest absolute Gasteiger partial charge is 0.254 e. The highest BCUT2D eigenvalue weighted by molar-refractivity contribution is 8.27. The van der Waals surface area contributed by atoms with Gasteiger partial charge in [-0.15, -0.1) is 10.6 Å². The molecular formula is C21H24N2O4S. The standard InChI is InChI=1S/C21H24N2O4S/c1-27-17-7-5-16(6-8-17)15-22-10-12-23(13-11-22)21(24)19-3-2-4-20-18(19)9-14-28(20,25)26/h2-9,14,25-26H,10-13,15H2,1H3. The number of methoxy groups -OCH3 is 1. The van der Waals surface area contributed by atoms with E-state index < -0.39 is 10.6 Å². The van der Waals surface area contributed by atoms with Crippen molar-refractivity contribution in [3.63, 3.8) is 0 Å². The Kier molecular flexibility index (Phi) is 5.16. The lowest BCUT2D eigenvalue weighted by Gasteiger charge is -2.35. The summed E-state index contributed by atoms with van der Waals surface area (Å²) >= 11 is 0.